The first-order chi connectivity index (χ1) is 11.8. The number of carbonyl (C=O) groups excluding carboxylic acids is 1. The van der Waals surface area contributed by atoms with Gasteiger partial charge in [0.1, 0.15) is 18.5 Å². The van der Waals surface area contributed by atoms with Crippen LogP contribution < -0.4 is 4.74 Å². The fourth-order valence-corrected chi connectivity index (χ4v) is 3.39. The molecule has 0 radical (unpaired) electrons. The molecule has 24 heavy (non-hydrogen) atoms. The van der Waals surface area contributed by atoms with E-state index >= 15 is 0 Å². The summed E-state index contributed by atoms with van der Waals surface area (Å²) in [5.41, 5.74) is 1.25. The molecule has 2 aliphatic heterocycles. The largest absolute Gasteiger partial charge is 0.492 e. The molecule has 2 aliphatic rings. The highest BCUT2D eigenvalue weighted by Crippen LogP contribution is 2.18. The molecule has 1 aromatic carbocycles. The van der Waals surface area contributed by atoms with Gasteiger partial charge in [0.25, 0.3) is 5.91 Å². The molecule has 0 unspecified atom stereocenters. The minimum absolute atomic E-state index is 0.181. The van der Waals surface area contributed by atoms with E-state index < -0.39 is 0 Å². The Morgan fingerprint density at radius 3 is 2.75 bits per heavy atom. The number of aryl methyl sites for hydroxylation is 1. The molecule has 5 nitrogen and oxygen atoms in total. The fraction of sp³-hybridized carbons (Fsp3) is 0.632. The van der Waals surface area contributed by atoms with Crippen LogP contribution in [0.25, 0.3) is 0 Å². The van der Waals surface area contributed by atoms with Crippen molar-refractivity contribution < 1.29 is 14.3 Å². The molecule has 5 heteroatoms. The number of amides is 1. The number of carbonyl (C=O) groups is 1. The van der Waals surface area contributed by atoms with Crippen LogP contribution in [0, 0.1) is 0 Å². The summed E-state index contributed by atoms with van der Waals surface area (Å²) in [4.78, 5) is 16.7. The van der Waals surface area contributed by atoms with Crippen molar-refractivity contribution in [1.29, 1.82) is 0 Å². The number of nitrogens with zero attached hydrogens (tertiary/aromatic N) is 2. The summed E-state index contributed by atoms with van der Waals surface area (Å²) in [7, 11) is 0. The third-order valence-corrected chi connectivity index (χ3v) is 4.91. The normalized spacial score (nSPS) is 21.9. The predicted molar refractivity (Wildman–Crippen MR) is 93.3 cm³/mol. The first kappa shape index (κ1) is 17.2. The summed E-state index contributed by atoms with van der Waals surface area (Å²) in [6.45, 7) is 7.89. The molecule has 1 aromatic rings. The number of benzene rings is 1. The smallest absolute Gasteiger partial charge is 0.251 e. The lowest BCUT2D eigenvalue weighted by Crippen LogP contribution is -2.52. The maximum absolute atomic E-state index is 12.3. The van der Waals surface area contributed by atoms with Gasteiger partial charge in [-0.25, -0.2) is 0 Å². The molecule has 0 aliphatic carbocycles. The van der Waals surface area contributed by atoms with Crippen molar-refractivity contribution in [2.75, 3.05) is 45.9 Å². The maximum atomic E-state index is 12.3. The van der Waals surface area contributed by atoms with Crippen molar-refractivity contribution in [3.8, 4) is 5.75 Å². The molecule has 0 N–H and O–H groups in total. The molecule has 2 fully saturated rings. The van der Waals surface area contributed by atoms with E-state index in [9.17, 15) is 4.79 Å². The zero-order valence-corrected chi connectivity index (χ0v) is 14.6. The van der Waals surface area contributed by atoms with Gasteiger partial charge in [-0.1, -0.05) is 25.1 Å². The van der Waals surface area contributed by atoms with Gasteiger partial charge in [-0.05, 0) is 30.9 Å². The Kier molecular flexibility index (Phi) is 6.10. The van der Waals surface area contributed by atoms with Crippen LogP contribution in [0.3, 0.4) is 0 Å². The topological polar surface area (TPSA) is 42.0 Å². The molecular weight excluding hydrogens is 304 g/mol. The van der Waals surface area contributed by atoms with Crippen molar-refractivity contribution in [2.45, 2.75) is 32.3 Å². The van der Waals surface area contributed by atoms with Gasteiger partial charge in [0.05, 0.1) is 0 Å². The quantitative estimate of drug-likeness (QED) is 0.798. The average Bonchev–Trinajstić information content (AvgIpc) is 3.17. The van der Waals surface area contributed by atoms with Crippen LogP contribution in [0.4, 0.5) is 0 Å². The maximum Gasteiger partial charge on any atom is 0.251 e. The van der Waals surface area contributed by atoms with Crippen LogP contribution >= 0.6 is 0 Å². The number of rotatable bonds is 6. The van der Waals surface area contributed by atoms with Crippen molar-refractivity contribution in [3.63, 3.8) is 0 Å². The minimum Gasteiger partial charge on any atom is -0.492 e. The number of para-hydroxylation sites is 1. The molecule has 0 saturated carbocycles. The van der Waals surface area contributed by atoms with E-state index in [0.29, 0.717) is 6.61 Å². The molecule has 2 saturated heterocycles. The molecule has 1 amide bonds. The monoisotopic (exact) mass is 332 g/mol. The summed E-state index contributed by atoms with van der Waals surface area (Å²) < 4.78 is 11.4. The van der Waals surface area contributed by atoms with Gasteiger partial charge in [0.2, 0.25) is 0 Å². The van der Waals surface area contributed by atoms with Gasteiger partial charge < -0.3 is 14.4 Å². The molecule has 3 rings (SSSR count). The van der Waals surface area contributed by atoms with Crippen LogP contribution in [-0.2, 0) is 16.0 Å². The highest BCUT2D eigenvalue weighted by molar-refractivity contribution is 5.81. The van der Waals surface area contributed by atoms with Crippen molar-refractivity contribution >= 4 is 5.91 Å². The van der Waals surface area contributed by atoms with E-state index in [1.54, 1.807) is 0 Å². The number of piperazine rings is 1. The Morgan fingerprint density at radius 1 is 1.25 bits per heavy atom. The van der Waals surface area contributed by atoms with E-state index in [1.807, 2.05) is 17.0 Å². The standard InChI is InChI=1S/C19H28N2O3/c1-2-16-6-3-4-7-17(16)24-15-13-20-9-11-21(12-10-20)19(22)18-8-5-14-23-18/h3-4,6-7,18H,2,5,8-15H2,1H3/t18-/m1/s1. The van der Waals surface area contributed by atoms with Gasteiger partial charge >= 0.3 is 0 Å². The van der Waals surface area contributed by atoms with E-state index in [0.717, 1.165) is 64.3 Å². The summed E-state index contributed by atoms with van der Waals surface area (Å²) in [5, 5.41) is 0. The number of hydrogen-bond donors (Lipinski definition) is 0. The predicted octanol–water partition coefficient (Wildman–Crippen LogP) is 1.95. The molecule has 132 valence electrons. The second-order valence-electron chi connectivity index (χ2n) is 6.48. The Hall–Kier alpha value is -1.59. The van der Waals surface area contributed by atoms with Gasteiger partial charge in [-0.3, -0.25) is 9.69 Å². The van der Waals surface area contributed by atoms with E-state index in [4.69, 9.17) is 9.47 Å². The molecule has 0 bridgehead atoms. The lowest BCUT2D eigenvalue weighted by molar-refractivity contribution is -0.142. The summed E-state index contributed by atoms with van der Waals surface area (Å²) in [6, 6.07) is 8.22. The fourth-order valence-electron chi connectivity index (χ4n) is 3.39. The van der Waals surface area contributed by atoms with Crippen molar-refractivity contribution in [3.05, 3.63) is 29.8 Å². The van der Waals surface area contributed by atoms with E-state index in [1.165, 1.54) is 5.56 Å². The van der Waals surface area contributed by atoms with Gasteiger partial charge in [-0.15, -0.1) is 0 Å². The Balaban J connectivity index is 1.38. The van der Waals surface area contributed by atoms with E-state index in [2.05, 4.69) is 24.0 Å². The second-order valence-corrected chi connectivity index (χ2v) is 6.48. The summed E-state index contributed by atoms with van der Waals surface area (Å²) >= 11 is 0. The van der Waals surface area contributed by atoms with Crippen LogP contribution in [0.2, 0.25) is 0 Å². The lowest BCUT2D eigenvalue weighted by atomic mass is 10.1. The molecule has 0 aromatic heterocycles. The van der Waals surface area contributed by atoms with Crippen LogP contribution in [-0.4, -0.2) is 67.7 Å². The average molecular weight is 332 g/mol. The SMILES string of the molecule is CCc1ccccc1OCCN1CCN(C(=O)[C@H]2CCCO2)CC1. The Bertz CT molecular complexity index is 535. The van der Waals surface area contributed by atoms with Crippen molar-refractivity contribution in [2.24, 2.45) is 0 Å². The van der Waals surface area contributed by atoms with Crippen LogP contribution in [0.5, 0.6) is 5.75 Å². The van der Waals surface area contributed by atoms with E-state index in [-0.39, 0.29) is 12.0 Å². The molecule has 0 spiro atoms. The molecular formula is C19H28N2O3. The Labute approximate surface area is 144 Å². The zero-order chi connectivity index (χ0) is 16.8. The zero-order valence-electron chi connectivity index (χ0n) is 14.6. The van der Waals surface area contributed by atoms with Gasteiger partial charge in [0, 0.05) is 39.3 Å². The Morgan fingerprint density at radius 2 is 2.04 bits per heavy atom. The first-order valence-corrected chi connectivity index (χ1v) is 9.11. The van der Waals surface area contributed by atoms with Crippen LogP contribution in [0.15, 0.2) is 24.3 Å². The summed E-state index contributed by atoms with van der Waals surface area (Å²) in [5.74, 6) is 1.17. The molecule has 2 heterocycles. The minimum atomic E-state index is -0.189. The first-order valence-electron chi connectivity index (χ1n) is 9.11. The van der Waals surface area contributed by atoms with Gasteiger partial charge in [0.15, 0.2) is 0 Å². The van der Waals surface area contributed by atoms with Crippen LogP contribution in [0.1, 0.15) is 25.3 Å². The highest BCUT2D eigenvalue weighted by atomic mass is 16.5. The van der Waals surface area contributed by atoms with Crippen molar-refractivity contribution in [1.82, 2.24) is 9.80 Å². The second kappa shape index (κ2) is 8.49. The third-order valence-electron chi connectivity index (χ3n) is 4.91. The third kappa shape index (κ3) is 4.28. The summed E-state index contributed by atoms with van der Waals surface area (Å²) in [6.07, 6.45) is 2.68. The molecule has 1 atom stereocenters. The lowest BCUT2D eigenvalue weighted by Gasteiger charge is -2.35. The highest BCUT2D eigenvalue weighted by Gasteiger charge is 2.30. The number of ether oxygens (including phenoxy) is 2. The van der Waals surface area contributed by atoms with Gasteiger partial charge in [-0.2, -0.15) is 0 Å². The number of hydrogen-bond acceptors (Lipinski definition) is 4.